The number of rotatable bonds is 4. The highest BCUT2D eigenvalue weighted by Gasteiger charge is 2.32. The van der Waals surface area contributed by atoms with Gasteiger partial charge in [0.1, 0.15) is 5.52 Å². The van der Waals surface area contributed by atoms with Crippen molar-refractivity contribution in [3.05, 3.63) is 54.1 Å². The first kappa shape index (κ1) is 13.9. The van der Waals surface area contributed by atoms with E-state index in [0.717, 1.165) is 11.8 Å². The lowest BCUT2D eigenvalue weighted by atomic mass is 10.1. The Morgan fingerprint density at radius 2 is 1.90 bits per heavy atom. The lowest BCUT2D eigenvalue weighted by Crippen LogP contribution is -2.16. The molecule has 3 nitrogen and oxygen atoms in total. The second kappa shape index (κ2) is 5.37. The van der Waals surface area contributed by atoms with E-state index in [1.54, 1.807) is 36.4 Å². The third-order valence-corrected chi connectivity index (χ3v) is 3.89. The van der Waals surface area contributed by atoms with Gasteiger partial charge >= 0.3 is 0 Å². The maximum Gasteiger partial charge on any atom is 0.282 e. The van der Waals surface area contributed by atoms with Crippen LogP contribution in [0.15, 0.2) is 58.2 Å². The first-order valence-electron chi connectivity index (χ1n) is 6.27. The number of hydrogen-bond acceptors (Lipinski definition) is 4. The minimum atomic E-state index is -2.94. The molecule has 0 unspecified atom stereocenters. The van der Waals surface area contributed by atoms with Gasteiger partial charge in [-0.1, -0.05) is 42.1 Å². The largest absolute Gasteiger partial charge is 0.431 e. The Morgan fingerprint density at radius 1 is 1.14 bits per heavy atom. The Balaban J connectivity index is 1.77. The van der Waals surface area contributed by atoms with Crippen molar-refractivity contribution in [2.24, 2.45) is 0 Å². The SMILES string of the molecule is Nc1ccc2nc(SCC(F)(F)c3ccccc3)oc2c1. The molecule has 3 rings (SSSR count). The van der Waals surface area contributed by atoms with Crippen LogP contribution in [0, 0.1) is 0 Å². The average Bonchev–Trinajstić information content (AvgIpc) is 2.88. The summed E-state index contributed by atoms with van der Waals surface area (Å²) in [4.78, 5) is 4.16. The van der Waals surface area contributed by atoms with Crippen LogP contribution in [0.4, 0.5) is 14.5 Å². The summed E-state index contributed by atoms with van der Waals surface area (Å²) >= 11 is 0.885. The number of nitrogens with two attached hydrogens (primary N) is 1. The van der Waals surface area contributed by atoms with E-state index in [-0.39, 0.29) is 10.8 Å². The second-order valence-electron chi connectivity index (χ2n) is 4.57. The number of fused-ring (bicyclic) bond motifs is 1. The maximum absolute atomic E-state index is 14.1. The van der Waals surface area contributed by atoms with Crippen molar-refractivity contribution in [3.63, 3.8) is 0 Å². The molecule has 0 bridgehead atoms. The zero-order valence-electron chi connectivity index (χ0n) is 10.9. The predicted molar refractivity (Wildman–Crippen MR) is 79.5 cm³/mol. The van der Waals surface area contributed by atoms with Crippen LogP contribution in [-0.4, -0.2) is 10.7 Å². The third-order valence-electron chi connectivity index (χ3n) is 2.97. The molecule has 0 saturated carbocycles. The molecule has 0 fully saturated rings. The molecule has 0 aliphatic heterocycles. The van der Waals surface area contributed by atoms with Crippen molar-refractivity contribution in [2.45, 2.75) is 11.1 Å². The minimum absolute atomic E-state index is 0.0159. The van der Waals surface area contributed by atoms with E-state index in [1.807, 2.05) is 0 Å². The number of nitrogens with zero attached hydrogens (tertiary/aromatic N) is 1. The molecule has 1 aromatic heterocycles. The number of nitrogen functional groups attached to an aromatic ring is 1. The fourth-order valence-corrected chi connectivity index (χ4v) is 2.68. The molecule has 0 spiro atoms. The van der Waals surface area contributed by atoms with Crippen LogP contribution < -0.4 is 5.73 Å². The Bertz CT molecular complexity index is 759. The minimum Gasteiger partial charge on any atom is -0.431 e. The van der Waals surface area contributed by atoms with Crippen LogP contribution in [0.25, 0.3) is 11.1 Å². The Kier molecular flexibility index (Phi) is 3.55. The molecule has 0 aliphatic carbocycles. The van der Waals surface area contributed by atoms with Gasteiger partial charge in [0.05, 0.1) is 5.75 Å². The van der Waals surface area contributed by atoms with Crippen molar-refractivity contribution in [1.82, 2.24) is 4.98 Å². The lowest BCUT2D eigenvalue weighted by Gasteiger charge is -2.14. The Labute approximate surface area is 124 Å². The van der Waals surface area contributed by atoms with E-state index < -0.39 is 11.7 Å². The summed E-state index contributed by atoms with van der Waals surface area (Å²) in [5.74, 6) is -3.37. The van der Waals surface area contributed by atoms with Gasteiger partial charge < -0.3 is 10.2 Å². The maximum atomic E-state index is 14.1. The average molecular weight is 306 g/mol. The van der Waals surface area contributed by atoms with Crippen LogP contribution in [0.5, 0.6) is 0 Å². The van der Waals surface area contributed by atoms with Gasteiger partial charge in [-0.3, -0.25) is 0 Å². The van der Waals surface area contributed by atoms with Crippen LogP contribution in [-0.2, 0) is 5.92 Å². The highest BCUT2D eigenvalue weighted by Crippen LogP contribution is 2.35. The van der Waals surface area contributed by atoms with Crippen molar-refractivity contribution < 1.29 is 13.2 Å². The number of thioether (sulfide) groups is 1. The van der Waals surface area contributed by atoms with Crippen molar-refractivity contribution in [1.29, 1.82) is 0 Å². The fraction of sp³-hybridized carbons (Fsp3) is 0.133. The highest BCUT2D eigenvalue weighted by atomic mass is 32.2. The third kappa shape index (κ3) is 3.00. The summed E-state index contributed by atoms with van der Waals surface area (Å²) in [6.45, 7) is 0. The van der Waals surface area contributed by atoms with Crippen molar-refractivity contribution in [2.75, 3.05) is 11.5 Å². The Hall–Kier alpha value is -2.08. The highest BCUT2D eigenvalue weighted by molar-refractivity contribution is 7.99. The molecule has 0 amide bonds. The zero-order valence-corrected chi connectivity index (χ0v) is 11.7. The van der Waals surface area contributed by atoms with Crippen molar-refractivity contribution >= 4 is 28.5 Å². The Morgan fingerprint density at radius 3 is 2.67 bits per heavy atom. The summed E-state index contributed by atoms with van der Waals surface area (Å²) < 4.78 is 33.5. The van der Waals surface area contributed by atoms with E-state index in [2.05, 4.69) is 4.98 Å². The first-order chi connectivity index (χ1) is 10.0. The molecular weight excluding hydrogens is 294 g/mol. The van der Waals surface area contributed by atoms with E-state index in [4.69, 9.17) is 10.2 Å². The van der Waals surface area contributed by atoms with E-state index in [1.165, 1.54) is 12.1 Å². The van der Waals surface area contributed by atoms with Gasteiger partial charge in [-0.25, -0.2) is 13.8 Å². The molecule has 0 aliphatic rings. The van der Waals surface area contributed by atoms with Gasteiger partial charge in [-0.05, 0) is 12.1 Å². The van der Waals surface area contributed by atoms with E-state index in [0.29, 0.717) is 16.8 Å². The molecule has 1 heterocycles. The number of halogens is 2. The topological polar surface area (TPSA) is 52.0 Å². The molecule has 0 saturated heterocycles. The number of oxazole rings is 1. The molecule has 0 atom stereocenters. The zero-order chi connectivity index (χ0) is 14.9. The predicted octanol–water partition coefficient (Wildman–Crippen LogP) is 4.29. The summed E-state index contributed by atoms with van der Waals surface area (Å²) in [6, 6.07) is 12.7. The fourth-order valence-electron chi connectivity index (χ4n) is 1.90. The van der Waals surface area contributed by atoms with Crippen LogP contribution in [0.1, 0.15) is 5.56 Å². The van der Waals surface area contributed by atoms with Crippen LogP contribution >= 0.6 is 11.8 Å². The number of alkyl halides is 2. The molecule has 0 radical (unpaired) electrons. The summed E-state index contributed by atoms with van der Waals surface area (Å²) in [7, 11) is 0. The number of benzene rings is 2. The summed E-state index contributed by atoms with van der Waals surface area (Å²) in [6.07, 6.45) is 0. The molecule has 108 valence electrons. The molecule has 3 aromatic rings. The number of anilines is 1. The van der Waals surface area contributed by atoms with E-state index in [9.17, 15) is 8.78 Å². The second-order valence-corrected chi connectivity index (χ2v) is 5.49. The van der Waals surface area contributed by atoms with Gasteiger partial charge in [-0.2, -0.15) is 0 Å². The molecular formula is C15H12F2N2OS. The molecule has 6 heteroatoms. The molecule has 2 N–H and O–H groups in total. The van der Waals surface area contributed by atoms with Crippen LogP contribution in [0.3, 0.4) is 0 Å². The number of aromatic nitrogens is 1. The van der Waals surface area contributed by atoms with Gasteiger partial charge in [0.15, 0.2) is 5.58 Å². The molecule has 21 heavy (non-hydrogen) atoms. The summed E-state index contributed by atoms with van der Waals surface area (Å²) in [5, 5.41) is 0.214. The first-order valence-corrected chi connectivity index (χ1v) is 7.25. The van der Waals surface area contributed by atoms with E-state index >= 15 is 0 Å². The standard InChI is InChI=1S/C15H12F2N2OS/c16-15(17,10-4-2-1-3-5-10)9-21-14-19-12-7-6-11(18)8-13(12)20-14/h1-8H,9,18H2. The van der Waals surface area contributed by atoms with Crippen molar-refractivity contribution in [3.8, 4) is 0 Å². The van der Waals surface area contributed by atoms with Gasteiger partial charge in [0.2, 0.25) is 0 Å². The summed E-state index contributed by atoms with van der Waals surface area (Å²) in [5.41, 5.74) is 7.27. The van der Waals surface area contributed by atoms with Crippen LogP contribution in [0.2, 0.25) is 0 Å². The van der Waals surface area contributed by atoms with Gasteiger partial charge in [0.25, 0.3) is 11.1 Å². The lowest BCUT2D eigenvalue weighted by molar-refractivity contribution is 0.0230. The monoisotopic (exact) mass is 306 g/mol. The van der Waals surface area contributed by atoms with Gasteiger partial charge in [-0.15, -0.1) is 0 Å². The number of hydrogen-bond donors (Lipinski definition) is 1. The smallest absolute Gasteiger partial charge is 0.282 e. The normalized spacial score (nSPS) is 11.9. The van der Waals surface area contributed by atoms with Gasteiger partial charge in [0, 0.05) is 17.3 Å². The molecule has 2 aromatic carbocycles. The quantitative estimate of drug-likeness (QED) is 0.577.